The van der Waals surface area contributed by atoms with Crippen LogP contribution in [0.2, 0.25) is 0 Å². The van der Waals surface area contributed by atoms with Crippen LogP contribution >= 0.6 is 0 Å². The zero-order chi connectivity index (χ0) is 16.0. The van der Waals surface area contributed by atoms with Crippen molar-refractivity contribution in [3.63, 3.8) is 0 Å². The van der Waals surface area contributed by atoms with Crippen molar-refractivity contribution in [3.05, 3.63) is 29.8 Å². The van der Waals surface area contributed by atoms with Crippen LogP contribution in [0.5, 0.6) is 0 Å². The molecule has 6 nitrogen and oxygen atoms in total. The highest BCUT2D eigenvalue weighted by atomic mass is 32.2. The van der Waals surface area contributed by atoms with E-state index >= 15 is 0 Å². The lowest BCUT2D eigenvalue weighted by atomic mass is 10.2. The molecular formula is C14H23N3O3S. The second-order valence-electron chi connectivity index (χ2n) is 5.19. The van der Waals surface area contributed by atoms with Crippen LogP contribution < -0.4 is 15.8 Å². The molecule has 1 aromatic carbocycles. The van der Waals surface area contributed by atoms with Gasteiger partial charge in [0.05, 0.1) is 10.9 Å². The van der Waals surface area contributed by atoms with E-state index in [9.17, 15) is 13.2 Å². The third-order valence-electron chi connectivity index (χ3n) is 2.82. The topological polar surface area (TPSA) is 101 Å². The van der Waals surface area contributed by atoms with Crippen LogP contribution in [-0.4, -0.2) is 33.0 Å². The highest BCUT2D eigenvalue weighted by Gasteiger charge is 2.22. The Bertz CT molecular complexity index is 568. The van der Waals surface area contributed by atoms with Crippen LogP contribution in [0.3, 0.4) is 0 Å². The molecular weight excluding hydrogens is 290 g/mol. The summed E-state index contributed by atoms with van der Waals surface area (Å²) in [4.78, 5) is 11.9. The zero-order valence-corrected chi connectivity index (χ0v) is 13.4. The van der Waals surface area contributed by atoms with Gasteiger partial charge in [0.2, 0.25) is 15.9 Å². The largest absolute Gasteiger partial charge is 0.353 e. The number of hydrogen-bond acceptors (Lipinski definition) is 4. The van der Waals surface area contributed by atoms with E-state index in [-0.39, 0.29) is 16.8 Å². The highest BCUT2D eigenvalue weighted by molar-refractivity contribution is 7.89. The normalized spacial score (nSPS) is 13.2. The monoisotopic (exact) mass is 313 g/mol. The fourth-order valence-electron chi connectivity index (χ4n) is 1.77. The number of sulfonamides is 1. The molecule has 0 radical (unpaired) electrons. The summed E-state index contributed by atoms with van der Waals surface area (Å²) in [6.45, 7) is 5.65. The van der Waals surface area contributed by atoms with E-state index in [0.29, 0.717) is 13.0 Å². The quantitative estimate of drug-likeness (QED) is 0.677. The van der Waals surface area contributed by atoms with E-state index in [4.69, 9.17) is 5.73 Å². The molecule has 0 heterocycles. The number of nitrogens with one attached hydrogen (secondary N) is 2. The first-order chi connectivity index (χ1) is 9.76. The minimum absolute atomic E-state index is 0.0417. The smallest absolute Gasteiger partial charge is 0.241 e. The number of amides is 1. The molecule has 7 heteroatoms. The molecule has 1 amide bonds. The summed E-state index contributed by atoms with van der Waals surface area (Å²) in [5, 5.41) is 2.66. The summed E-state index contributed by atoms with van der Waals surface area (Å²) in [5.41, 5.74) is 6.42. The number of carbonyl (C=O) groups is 1. The standard InChI is InChI=1S/C14H23N3O3S/c1-10(2)16-14(18)11(3)17-21(19,20)13-6-4-12(5-7-13)8-9-15/h4-7,10-11,17H,8-9,15H2,1-3H3,(H,16,18). The molecule has 0 aromatic heterocycles. The first-order valence-electron chi connectivity index (χ1n) is 6.88. The maximum absolute atomic E-state index is 12.2. The minimum Gasteiger partial charge on any atom is -0.353 e. The third kappa shape index (κ3) is 5.45. The van der Waals surface area contributed by atoms with Gasteiger partial charge in [-0.1, -0.05) is 12.1 Å². The first-order valence-corrected chi connectivity index (χ1v) is 8.36. The minimum atomic E-state index is -3.71. The maximum atomic E-state index is 12.2. The van der Waals surface area contributed by atoms with Crippen molar-refractivity contribution in [2.24, 2.45) is 5.73 Å². The third-order valence-corrected chi connectivity index (χ3v) is 4.38. The Morgan fingerprint density at radius 1 is 1.19 bits per heavy atom. The van der Waals surface area contributed by atoms with Gasteiger partial charge in [-0.05, 0) is 51.4 Å². The van der Waals surface area contributed by atoms with Gasteiger partial charge >= 0.3 is 0 Å². The summed E-state index contributed by atoms with van der Waals surface area (Å²) in [6, 6.07) is 5.60. The second-order valence-corrected chi connectivity index (χ2v) is 6.90. The van der Waals surface area contributed by atoms with Crippen molar-refractivity contribution in [1.82, 2.24) is 10.0 Å². The molecule has 1 rings (SSSR count). The Balaban J connectivity index is 2.79. The van der Waals surface area contributed by atoms with Crippen LogP contribution in [0.1, 0.15) is 26.3 Å². The Kier molecular flexibility index (Phi) is 6.32. The first kappa shape index (κ1) is 17.6. The lowest BCUT2D eigenvalue weighted by Crippen LogP contribution is -2.46. The van der Waals surface area contributed by atoms with Gasteiger partial charge in [0.25, 0.3) is 0 Å². The SMILES string of the molecule is CC(C)NC(=O)C(C)NS(=O)(=O)c1ccc(CCN)cc1. The van der Waals surface area contributed by atoms with Crippen molar-refractivity contribution < 1.29 is 13.2 Å². The van der Waals surface area contributed by atoms with Gasteiger partial charge in [-0.15, -0.1) is 0 Å². The molecule has 21 heavy (non-hydrogen) atoms. The molecule has 1 atom stereocenters. The molecule has 4 N–H and O–H groups in total. The van der Waals surface area contributed by atoms with Crippen LogP contribution in [0.25, 0.3) is 0 Å². The van der Waals surface area contributed by atoms with Crippen molar-refractivity contribution in [2.45, 2.75) is 44.2 Å². The number of rotatable bonds is 7. The summed E-state index contributed by atoms with van der Waals surface area (Å²) < 4.78 is 26.7. The molecule has 0 aliphatic rings. The predicted octanol–water partition coefficient (Wildman–Crippen LogP) is 0.379. The van der Waals surface area contributed by atoms with Crippen LogP contribution in [0, 0.1) is 0 Å². The highest BCUT2D eigenvalue weighted by Crippen LogP contribution is 2.11. The molecule has 0 spiro atoms. The number of benzene rings is 1. The van der Waals surface area contributed by atoms with Crippen molar-refractivity contribution >= 4 is 15.9 Å². The predicted molar refractivity (Wildman–Crippen MR) is 82.3 cm³/mol. The maximum Gasteiger partial charge on any atom is 0.241 e. The molecule has 1 aromatic rings. The molecule has 0 saturated carbocycles. The van der Waals surface area contributed by atoms with Crippen LogP contribution in [-0.2, 0) is 21.2 Å². The van der Waals surface area contributed by atoms with Crippen LogP contribution in [0.15, 0.2) is 29.2 Å². The van der Waals surface area contributed by atoms with E-state index < -0.39 is 16.1 Å². The molecule has 0 fully saturated rings. The summed E-state index contributed by atoms with van der Waals surface area (Å²) in [6.07, 6.45) is 0.695. The number of carbonyl (C=O) groups excluding carboxylic acids is 1. The Morgan fingerprint density at radius 2 is 1.76 bits per heavy atom. The van der Waals surface area contributed by atoms with Crippen molar-refractivity contribution in [3.8, 4) is 0 Å². The Labute approximate surface area is 126 Å². The van der Waals surface area contributed by atoms with Crippen molar-refractivity contribution in [2.75, 3.05) is 6.54 Å². The zero-order valence-electron chi connectivity index (χ0n) is 12.6. The molecule has 0 saturated heterocycles. The number of hydrogen-bond donors (Lipinski definition) is 3. The van der Waals surface area contributed by atoms with Crippen molar-refractivity contribution in [1.29, 1.82) is 0 Å². The molecule has 1 unspecified atom stereocenters. The summed E-state index contributed by atoms with van der Waals surface area (Å²) in [7, 11) is -3.71. The lowest BCUT2D eigenvalue weighted by Gasteiger charge is -2.16. The van der Waals surface area contributed by atoms with E-state index in [1.165, 1.54) is 19.1 Å². The lowest BCUT2D eigenvalue weighted by molar-refractivity contribution is -0.122. The summed E-state index contributed by atoms with van der Waals surface area (Å²) in [5.74, 6) is -0.353. The fraction of sp³-hybridized carbons (Fsp3) is 0.500. The van der Waals surface area contributed by atoms with Gasteiger partial charge in [0, 0.05) is 6.04 Å². The number of nitrogens with two attached hydrogens (primary N) is 1. The molecule has 0 aliphatic carbocycles. The fourth-order valence-corrected chi connectivity index (χ4v) is 2.97. The van der Waals surface area contributed by atoms with Crippen LogP contribution in [0.4, 0.5) is 0 Å². The molecule has 0 aliphatic heterocycles. The van der Waals surface area contributed by atoms with E-state index in [1.54, 1.807) is 12.1 Å². The van der Waals surface area contributed by atoms with Gasteiger partial charge < -0.3 is 11.1 Å². The van der Waals surface area contributed by atoms with Gasteiger partial charge in [-0.3, -0.25) is 4.79 Å². The average Bonchev–Trinajstić information content (AvgIpc) is 2.38. The van der Waals surface area contributed by atoms with E-state index in [0.717, 1.165) is 5.56 Å². The van der Waals surface area contributed by atoms with Gasteiger partial charge in [-0.25, -0.2) is 8.42 Å². The Hall–Kier alpha value is -1.44. The average molecular weight is 313 g/mol. The van der Waals surface area contributed by atoms with Gasteiger partial charge in [0.1, 0.15) is 0 Å². The van der Waals surface area contributed by atoms with E-state index in [1.807, 2.05) is 13.8 Å². The second kappa shape index (κ2) is 7.53. The summed E-state index contributed by atoms with van der Waals surface area (Å²) >= 11 is 0. The van der Waals surface area contributed by atoms with E-state index in [2.05, 4.69) is 10.0 Å². The molecule has 0 bridgehead atoms. The Morgan fingerprint density at radius 3 is 2.24 bits per heavy atom. The van der Waals surface area contributed by atoms with Gasteiger partial charge in [0.15, 0.2) is 0 Å². The van der Waals surface area contributed by atoms with Gasteiger partial charge in [-0.2, -0.15) is 4.72 Å². The molecule has 118 valence electrons.